The van der Waals surface area contributed by atoms with Gasteiger partial charge in [-0.2, -0.15) is 0 Å². The molecule has 1 amide bonds. The molecule has 3 aromatic carbocycles. The zero-order valence-electron chi connectivity index (χ0n) is 26.4. The van der Waals surface area contributed by atoms with E-state index in [1.165, 1.54) is 11.3 Å². The van der Waals surface area contributed by atoms with E-state index in [9.17, 15) is 9.59 Å². The molecule has 6 rings (SSSR count). The van der Waals surface area contributed by atoms with Crippen molar-refractivity contribution in [3.63, 3.8) is 0 Å². The second kappa shape index (κ2) is 13.1. The fourth-order valence-corrected chi connectivity index (χ4v) is 6.68. The highest BCUT2D eigenvalue weighted by molar-refractivity contribution is 7.07. The molecule has 238 valence electrons. The van der Waals surface area contributed by atoms with Gasteiger partial charge in [0.05, 0.1) is 30.0 Å². The largest absolute Gasteiger partial charge is 0.497 e. The summed E-state index contributed by atoms with van der Waals surface area (Å²) in [4.78, 5) is 35.1. The predicted octanol–water partition coefficient (Wildman–Crippen LogP) is 4.43. The van der Waals surface area contributed by atoms with Crippen LogP contribution in [0.3, 0.4) is 0 Å². The number of rotatable bonds is 10. The summed E-state index contributed by atoms with van der Waals surface area (Å²) in [6.45, 7) is 7.32. The number of hydrogen-bond acceptors (Lipinski definition) is 9. The summed E-state index contributed by atoms with van der Waals surface area (Å²) in [6, 6.07) is 17.9. The van der Waals surface area contributed by atoms with E-state index >= 15 is 0 Å². The van der Waals surface area contributed by atoms with Gasteiger partial charge in [0.25, 0.3) is 11.5 Å². The van der Waals surface area contributed by atoms with Crippen LogP contribution in [0.5, 0.6) is 28.7 Å². The Kier molecular flexibility index (Phi) is 8.85. The molecule has 0 unspecified atom stereocenters. The molecule has 2 aliphatic heterocycles. The van der Waals surface area contributed by atoms with Crippen LogP contribution in [0.4, 0.5) is 0 Å². The topological polar surface area (TPSA) is 101 Å². The molecule has 0 spiro atoms. The number of thiazole rings is 1. The molecular weight excluding hydrogens is 606 g/mol. The molecule has 0 fully saturated rings. The number of allylic oxidation sites excluding steroid dienone is 1. The average Bonchev–Trinajstić information content (AvgIpc) is 3.67. The third-order valence-electron chi connectivity index (χ3n) is 8.05. The van der Waals surface area contributed by atoms with Crippen molar-refractivity contribution in [1.82, 2.24) is 9.47 Å². The molecule has 10 nitrogen and oxygen atoms in total. The molecule has 4 aromatic rings. The second-order valence-electron chi connectivity index (χ2n) is 10.7. The lowest BCUT2D eigenvalue weighted by Gasteiger charge is -2.30. The maximum atomic E-state index is 14.2. The number of methoxy groups -OCH3 is 2. The molecule has 46 heavy (non-hydrogen) atoms. The molecule has 11 heteroatoms. The number of benzene rings is 3. The van der Waals surface area contributed by atoms with Gasteiger partial charge < -0.3 is 28.6 Å². The highest BCUT2D eigenvalue weighted by Gasteiger charge is 2.36. The summed E-state index contributed by atoms with van der Waals surface area (Å²) in [5, 5.41) is 0. The van der Waals surface area contributed by atoms with Crippen LogP contribution < -0.4 is 38.6 Å². The number of aromatic nitrogens is 1. The Hall–Kier alpha value is -5.03. The standard InChI is InChI=1S/C35H35N3O7S/c1-6-37(7-2)34(40)31-21(3)36-35-38(32(31)26-18-25(41-4)13-15-27(26)42-5)33(39)30(46-35)17-22-8-11-24(12-9-22)43-19-23-10-14-28-29(16-23)45-20-44-28/h8-18,32H,6-7,19-20H2,1-5H3/b30-17+/t32-/m1/s1. The first-order valence-electron chi connectivity index (χ1n) is 15.0. The van der Waals surface area contributed by atoms with Gasteiger partial charge in [0.1, 0.15) is 29.9 Å². The fraction of sp³-hybridized carbons (Fsp3) is 0.286. The monoisotopic (exact) mass is 641 g/mol. The summed E-state index contributed by atoms with van der Waals surface area (Å²) in [7, 11) is 3.15. The number of carbonyl (C=O) groups excluding carboxylic acids is 1. The summed E-state index contributed by atoms with van der Waals surface area (Å²) >= 11 is 1.28. The Labute approximate surface area is 270 Å². The summed E-state index contributed by atoms with van der Waals surface area (Å²) in [6.07, 6.45) is 1.83. The molecule has 1 aromatic heterocycles. The first-order valence-corrected chi connectivity index (χ1v) is 15.8. The molecule has 0 radical (unpaired) electrons. The van der Waals surface area contributed by atoms with Gasteiger partial charge >= 0.3 is 0 Å². The predicted molar refractivity (Wildman–Crippen MR) is 175 cm³/mol. The normalized spacial score (nSPS) is 15.3. The maximum absolute atomic E-state index is 14.2. The number of nitrogens with zero attached hydrogens (tertiary/aromatic N) is 3. The number of amides is 1. The lowest BCUT2D eigenvalue weighted by molar-refractivity contribution is -0.127. The molecule has 0 aliphatic carbocycles. The zero-order chi connectivity index (χ0) is 32.4. The van der Waals surface area contributed by atoms with Crippen molar-refractivity contribution in [1.29, 1.82) is 0 Å². The van der Waals surface area contributed by atoms with Crippen molar-refractivity contribution in [3.8, 4) is 28.7 Å². The van der Waals surface area contributed by atoms with E-state index in [0.29, 0.717) is 68.9 Å². The van der Waals surface area contributed by atoms with Crippen LogP contribution in [0.15, 0.2) is 81.7 Å². The van der Waals surface area contributed by atoms with E-state index in [2.05, 4.69) is 0 Å². The minimum Gasteiger partial charge on any atom is -0.497 e. The molecular formula is C35H35N3O7S. The van der Waals surface area contributed by atoms with Gasteiger partial charge in [0, 0.05) is 18.7 Å². The van der Waals surface area contributed by atoms with Crippen LogP contribution >= 0.6 is 11.3 Å². The van der Waals surface area contributed by atoms with Gasteiger partial charge in [-0.1, -0.05) is 29.5 Å². The van der Waals surface area contributed by atoms with Crippen molar-refractivity contribution in [3.05, 3.63) is 108 Å². The van der Waals surface area contributed by atoms with Crippen LogP contribution in [-0.2, 0) is 11.4 Å². The molecule has 2 aliphatic rings. The highest BCUT2D eigenvalue weighted by Crippen LogP contribution is 2.38. The molecule has 3 heterocycles. The van der Waals surface area contributed by atoms with E-state index in [0.717, 1.165) is 16.9 Å². The molecule has 0 bridgehead atoms. The molecule has 0 saturated heterocycles. The summed E-state index contributed by atoms with van der Waals surface area (Å²) in [5.41, 5.74) is 3.17. The maximum Gasteiger partial charge on any atom is 0.271 e. The van der Waals surface area contributed by atoms with E-state index in [1.54, 1.807) is 35.8 Å². The SMILES string of the molecule is CCN(CC)C(=O)C1=C(C)N=c2s/c(=C/c3ccc(OCc4ccc5c(c4)OCO5)cc3)c(=O)n2[C@@H]1c1cc(OC)ccc1OC. The van der Waals surface area contributed by atoms with Gasteiger partial charge in [0.2, 0.25) is 6.79 Å². The van der Waals surface area contributed by atoms with Crippen molar-refractivity contribution in [2.45, 2.75) is 33.4 Å². The van der Waals surface area contributed by atoms with Gasteiger partial charge in [-0.15, -0.1) is 0 Å². The minimum absolute atomic E-state index is 0.174. The summed E-state index contributed by atoms with van der Waals surface area (Å²) in [5.74, 6) is 3.08. The first kappa shape index (κ1) is 31.0. The number of carbonyl (C=O) groups is 1. The van der Waals surface area contributed by atoms with E-state index in [4.69, 9.17) is 28.7 Å². The van der Waals surface area contributed by atoms with Crippen LogP contribution in [0, 0.1) is 0 Å². The van der Waals surface area contributed by atoms with Gasteiger partial charge in [-0.25, -0.2) is 4.99 Å². The van der Waals surface area contributed by atoms with Gasteiger partial charge in [-0.3, -0.25) is 14.2 Å². The van der Waals surface area contributed by atoms with Crippen molar-refractivity contribution >= 4 is 23.3 Å². The average molecular weight is 642 g/mol. The zero-order valence-corrected chi connectivity index (χ0v) is 27.2. The van der Waals surface area contributed by atoms with E-state index in [-0.39, 0.29) is 18.3 Å². The second-order valence-corrected chi connectivity index (χ2v) is 11.7. The van der Waals surface area contributed by atoms with E-state index in [1.807, 2.05) is 75.4 Å². The van der Waals surface area contributed by atoms with Crippen LogP contribution in [0.25, 0.3) is 6.08 Å². The van der Waals surface area contributed by atoms with Crippen molar-refractivity contribution in [2.24, 2.45) is 4.99 Å². The first-order chi connectivity index (χ1) is 22.3. The highest BCUT2D eigenvalue weighted by atomic mass is 32.1. The summed E-state index contributed by atoms with van der Waals surface area (Å²) < 4.78 is 30.2. The van der Waals surface area contributed by atoms with Crippen molar-refractivity contribution in [2.75, 3.05) is 34.1 Å². The lowest BCUT2D eigenvalue weighted by Crippen LogP contribution is -2.43. The van der Waals surface area contributed by atoms with E-state index < -0.39 is 6.04 Å². The Morgan fingerprint density at radius 3 is 2.46 bits per heavy atom. The van der Waals surface area contributed by atoms with Gasteiger partial charge in [0.15, 0.2) is 16.3 Å². The Morgan fingerprint density at radius 1 is 1.00 bits per heavy atom. The molecule has 0 saturated carbocycles. The fourth-order valence-electron chi connectivity index (χ4n) is 5.63. The quantitative estimate of drug-likeness (QED) is 0.253. The number of likely N-dealkylation sites (N-methyl/N-ethyl adjacent to an activating group) is 1. The molecule has 1 atom stereocenters. The molecule has 0 N–H and O–H groups in total. The third kappa shape index (κ3) is 5.85. The smallest absolute Gasteiger partial charge is 0.271 e. The number of hydrogen-bond donors (Lipinski definition) is 0. The van der Waals surface area contributed by atoms with Crippen LogP contribution in [0.2, 0.25) is 0 Å². The van der Waals surface area contributed by atoms with Crippen LogP contribution in [0.1, 0.15) is 43.5 Å². The number of fused-ring (bicyclic) bond motifs is 2. The van der Waals surface area contributed by atoms with Gasteiger partial charge in [-0.05, 0) is 80.4 Å². The van der Waals surface area contributed by atoms with Crippen molar-refractivity contribution < 1.29 is 28.5 Å². The third-order valence-corrected chi connectivity index (χ3v) is 9.04. The van der Waals surface area contributed by atoms with Crippen LogP contribution in [-0.4, -0.2) is 49.5 Å². The Balaban J connectivity index is 1.36. The minimum atomic E-state index is -0.761. The Bertz CT molecular complexity index is 1990. The lowest BCUT2D eigenvalue weighted by atomic mass is 9.93. The number of ether oxygens (including phenoxy) is 5. The Morgan fingerprint density at radius 2 is 1.74 bits per heavy atom.